The molecule has 1 heterocycles. The van der Waals surface area contributed by atoms with Gasteiger partial charge in [0.25, 0.3) is 0 Å². The summed E-state index contributed by atoms with van der Waals surface area (Å²) in [6, 6.07) is 3.53. The Labute approximate surface area is 97.6 Å². The fourth-order valence-corrected chi connectivity index (χ4v) is 1.96. The summed E-state index contributed by atoms with van der Waals surface area (Å²) >= 11 is 6.02. The van der Waals surface area contributed by atoms with Crippen molar-refractivity contribution >= 4 is 28.5 Å². The molecule has 16 heavy (non-hydrogen) atoms. The Morgan fingerprint density at radius 3 is 2.75 bits per heavy atom. The van der Waals surface area contributed by atoms with Crippen molar-refractivity contribution in [1.82, 2.24) is 0 Å². The molecule has 0 saturated heterocycles. The third kappa shape index (κ3) is 1.57. The molecule has 2 aromatic rings. The van der Waals surface area contributed by atoms with E-state index in [0.717, 1.165) is 10.9 Å². The summed E-state index contributed by atoms with van der Waals surface area (Å²) in [6.07, 6.45) is 0.605. The second-order valence-corrected chi connectivity index (χ2v) is 4.07. The number of carboxylic acid groups (broad SMARTS) is 1. The highest BCUT2D eigenvalue weighted by atomic mass is 35.5. The van der Waals surface area contributed by atoms with Crippen LogP contribution >= 0.6 is 11.6 Å². The van der Waals surface area contributed by atoms with Gasteiger partial charge in [0.15, 0.2) is 0 Å². The molecule has 0 radical (unpaired) electrons. The number of aryl methyl sites for hydroxylation is 2. The fourth-order valence-electron chi connectivity index (χ4n) is 1.79. The number of fused-ring (bicyclic) bond motifs is 1. The number of halogens is 1. The molecule has 0 aliphatic rings. The van der Waals surface area contributed by atoms with Gasteiger partial charge in [0.05, 0.1) is 0 Å². The minimum absolute atomic E-state index is 0.0131. The van der Waals surface area contributed by atoms with E-state index in [9.17, 15) is 4.79 Å². The molecular formula is C12H11ClO3. The normalized spacial score (nSPS) is 10.9. The van der Waals surface area contributed by atoms with Gasteiger partial charge in [-0.3, -0.25) is 0 Å². The highest BCUT2D eigenvalue weighted by Gasteiger charge is 2.19. The first-order valence-corrected chi connectivity index (χ1v) is 5.37. The Hall–Kier alpha value is -1.48. The minimum Gasteiger partial charge on any atom is -0.475 e. The predicted molar refractivity (Wildman–Crippen MR) is 62.3 cm³/mol. The monoisotopic (exact) mass is 238 g/mol. The second kappa shape index (κ2) is 3.83. The fraction of sp³-hybridized carbons (Fsp3) is 0.250. The van der Waals surface area contributed by atoms with Crippen molar-refractivity contribution in [1.29, 1.82) is 0 Å². The highest BCUT2D eigenvalue weighted by molar-refractivity contribution is 6.32. The molecule has 0 bridgehead atoms. The zero-order chi connectivity index (χ0) is 11.9. The summed E-state index contributed by atoms with van der Waals surface area (Å²) in [7, 11) is 0. The molecule has 0 aliphatic carbocycles. The van der Waals surface area contributed by atoms with Crippen LogP contribution in [0, 0.1) is 6.92 Å². The van der Waals surface area contributed by atoms with Crippen LogP contribution < -0.4 is 0 Å². The number of furan rings is 1. The van der Waals surface area contributed by atoms with Crippen molar-refractivity contribution in [2.24, 2.45) is 0 Å². The van der Waals surface area contributed by atoms with Gasteiger partial charge in [-0.25, -0.2) is 4.79 Å². The van der Waals surface area contributed by atoms with Gasteiger partial charge in [0.2, 0.25) is 5.76 Å². The summed E-state index contributed by atoms with van der Waals surface area (Å²) in [5, 5.41) is 10.4. The molecule has 1 aromatic carbocycles. The zero-order valence-electron chi connectivity index (χ0n) is 9.00. The average Bonchev–Trinajstić information content (AvgIpc) is 2.57. The van der Waals surface area contributed by atoms with Crippen molar-refractivity contribution in [2.45, 2.75) is 20.3 Å². The number of aromatic carboxylic acids is 1. The molecule has 4 heteroatoms. The van der Waals surface area contributed by atoms with E-state index >= 15 is 0 Å². The summed E-state index contributed by atoms with van der Waals surface area (Å²) in [4.78, 5) is 11.0. The van der Waals surface area contributed by atoms with Crippen LogP contribution in [0.3, 0.4) is 0 Å². The van der Waals surface area contributed by atoms with E-state index in [1.807, 2.05) is 13.8 Å². The minimum atomic E-state index is -1.04. The van der Waals surface area contributed by atoms with Gasteiger partial charge < -0.3 is 9.52 Å². The van der Waals surface area contributed by atoms with Gasteiger partial charge in [-0.2, -0.15) is 0 Å². The lowest BCUT2D eigenvalue weighted by Crippen LogP contribution is -1.97. The maximum atomic E-state index is 11.0. The Bertz CT molecular complexity index is 569. The van der Waals surface area contributed by atoms with E-state index in [2.05, 4.69) is 0 Å². The van der Waals surface area contributed by atoms with Gasteiger partial charge in [-0.05, 0) is 31.0 Å². The molecule has 3 nitrogen and oxygen atoms in total. The molecule has 1 N–H and O–H groups in total. The van der Waals surface area contributed by atoms with Crippen molar-refractivity contribution in [3.63, 3.8) is 0 Å². The molecule has 1 aromatic heterocycles. The predicted octanol–water partition coefficient (Wildman–Crippen LogP) is 3.66. The standard InChI is InChI=1S/C12H11ClO3/c1-3-7-8-5-9(13)6(2)4-10(8)16-11(7)12(14)15/h4-5H,3H2,1-2H3,(H,14,15). The van der Waals surface area contributed by atoms with Crippen LogP contribution in [0.2, 0.25) is 5.02 Å². The van der Waals surface area contributed by atoms with E-state index in [1.54, 1.807) is 12.1 Å². The van der Waals surface area contributed by atoms with Crippen molar-refractivity contribution in [3.05, 3.63) is 34.0 Å². The Kier molecular flexibility index (Phi) is 2.64. The van der Waals surface area contributed by atoms with E-state index in [0.29, 0.717) is 22.6 Å². The number of carboxylic acids is 1. The first-order valence-electron chi connectivity index (χ1n) is 4.99. The molecule has 0 amide bonds. The summed E-state index contributed by atoms with van der Waals surface area (Å²) in [6.45, 7) is 3.75. The SMILES string of the molecule is CCc1c(C(=O)O)oc2cc(C)c(Cl)cc12. The number of hydrogen-bond acceptors (Lipinski definition) is 2. The van der Waals surface area contributed by atoms with Crippen LogP contribution in [0.25, 0.3) is 11.0 Å². The van der Waals surface area contributed by atoms with Crippen molar-refractivity contribution in [2.75, 3.05) is 0 Å². The lowest BCUT2D eigenvalue weighted by Gasteiger charge is -1.97. The zero-order valence-corrected chi connectivity index (χ0v) is 9.76. The maximum absolute atomic E-state index is 11.0. The molecule has 0 aliphatic heterocycles. The van der Waals surface area contributed by atoms with Gasteiger partial charge in [-0.1, -0.05) is 18.5 Å². The Morgan fingerprint density at radius 2 is 2.19 bits per heavy atom. The Morgan fingerprint density at radius 1 is 1.50 bits per heavy atom. The van der Waals surface area contributed by atoms with Gasteiger partial charge in [0, 0.05) is 16.0 Å². The molecule has 2 rings (SSSR count). The Balaban J connectivity index is 2.82. The summed E-state index contributed by atoms with van der Waals surface area (Å²) in [5.74, 6) is -1.03. The van der Waals surface area contributed by atoms with Crippen LogP contribution in [0.5, 0.6) is 0 Å². The first-order chi connectivity index (χ1) is 7.54. The highest BCUT2D eigenvalue weighted by Crippen LogP contribution is 2.31. The van der Waals surface area contributed by atoms with Gasteiger partial charge in [-0.15, -0.1) is 0 Å². The van der Waals surface area contributed by atoms with E-state index < -0.39 is 5.97 Å². The van der Waals surface area contributed by atoms with Crippen molar-refractivity contribution < 1.29 is 14.3 Å². The molecule has 84 valence electrons. The molecule has 0 atom stereocenters. The summed E-state index contributed by atoms with van der Waals surface area (Å²) in [5.41, 5.74) is 2.16. The average molecular weight is 239 g/mol. The van der Waals surface area contributed by atoms with Gasteiger partial charge >= 0.3 is 5.97 Å². The third-order valence-electron chi connectivity index (χ3n) is 2.62. The van der Waals surface area contributed by atoms with Crippen LogP contribution in [0.4, 0.5) is 0 Å². The molecule has 0 unspecified atom stereocenters. The smallest absolute Gasteiger partial charge is 0.372 e. The lowest BCUT2D eigenvalue weighted by atomic mass is 10.1. The third-order valence-corrected chi connectivity index (χ3v) is 3.03. The van der Waals surface area contributed by atoms with Crippen molar-refractivity contribution in [3.8, 4) is 0 Å². The van der Waals surface area contributed by atoms with Crippen LogP contribution in [-0.4, -0.2) is 11.1 Å². The second-order valence-electron chi connectivity index (χ2n) is 3.67. The molecular weight excluding hydrogens is 228 g/mol. The van der Waals surface area contributed by atoms with Crippen LogP contribution in [0.15, 0.2) is 16.5 Å². The number of hydrogen-bond donors (Lipinski definition) is 1. The topological polar surface area (TPSA) is 50.4 Å². The lowest BCUT2D eigenvalue weighted by molar-refractivity contribution is 0.0663. The van der Waals surface area contributed by atoms with Crippen LogP contribution in [0.1, 0.15) is 28.6 Å². The van der Waals surface area contributed by atoms with E-state index in [-0.39, 0.29) is 5.76 Å². The summed E-state index contributed by atoms with van der Waals surface area (Å²) < 4.78 is 5.33. The number of benzene rings is 1. The molecule has 0 saturated carbocycles. The largest absolute Gasteiger partial charge is 0.475 e. The first kappa shape index (κ1) is 11.0. The number of rotatable bonds is 2. The maximum Gasteiger partial charge on any atom is 0.372 e. The molecule has 0 fully saturated rings. The quantitative estimate of drug-likeness (QED) is 0.869. The van der Waals surface area contributed by atoms with Crippen LogP contribution in [-0.2, 0) is 6.42 Å². The molecule has 0 spiro atoms. The van der Waals surface area contributed by atoms with Gasteiger partial charge in [0.1, 0.15) is 5.58 Å². The number of carbonyl (C=O) groups is 1. The van der Waals surface area contributed by atoms with E-state index in [1.165, 1.54) is 0 Å². The van der Waals surface area contributed by atoms with E-state index in [4.69, 9.17) is 21.1 Å².